The van der Waals surface area contributed by atoms with Crippen LogP contribution >= 0.6 is 22.9 Å². The van der Waals surface area contributed by atoms with E-state index in [4.69, 9.17) is 21.4 Å². The zero-order chi connectivity index (χ0) is 37.1. The highest BCUT2D eigenvalue weighted by atomic mass is 35.5. The van der Waals surface area contributed by atoms with Crippen molar-refractivity contribution in [3.05, 3.63) is 101 Å². The number of carbonyl (C=O) groups is 4. The van der Waals surface area contributed by atoms with Crippen molar-refractivity contribution in [2.45, 2.75) is 32.6 Å². The quantitative estimate of drug-likeness (QED) is 0.147. The average Bonchev–Trinajstić information content (AvgIpc) is 3.82. The maximum Gasteiger partial charge on any atom is 0.242 e. The van der Waals surface area contributed by atoms with E-state index in [9.17, 15) is 19.5 Å². The molecule has 5 aromatic rings. The fraction of sp³-hybridized carbons (Fsp3) is 0.293. The van der Waals surface area contributed by atoms with Crippen molar-refractivity contribution >= 4 is 68.2 Å². The third-order valence-electron chi connectivity index (χ3n) is 12.0. The fourth-order valence-corrected chi connectivity index (χ4v) is 10.9. The van der Waals surface area contributed by atoms with Crippen LogP contribution in [0.15, 0.2) is 84.4 Å². The fourth-order valence-electron chi connectivity index (χ4n) is 9.53. The summed E-state index contributed by atoms with van der Waals surface area (Å²) >= 11 is 7.88. The molecule has 12 heteroatoms. The number of benzene rings is 3. The highest BCUT2D eigenvalue weighted by Crippen LogP contribution is 2.64. The lowest BCUT2D eigenvalue weighted by Gasteiger charge is -2.49. The van der Waals surface area contributed by atoms with Crippen molar-refractivity contribution < 1.29 is 29.0 Å². The van der Waals surface area contributed by atoms with Crippen LogP contribution in [0.2, 0.25) is 5.02 Å². The lowest BCUT2D eigenvalue weighted by atomic mass is 9.51. The lowest BCUT2D eigenvalue weighted by molar-refractivity contribution is -0.131. The van der Waals surface area contributed by atoms with E-state index < -0.39 is 35.0 Å². The number of amides is 4. The lowest BCUT2D eigenvalue weighted by Crippen LogP contribution is -2.48. The van der Waals surface area contributed by atoms with Crippen LogP contribution in [0, 0.1) is 36.0 Å². The van der Waals surface area contributed by atoms with Gasteiger partial charge >= 0.3 is 0 Å². The number of phenolic OH excluding ortho intramolecular Hbond substituents is 1. The van der Waals surface area contributed by atoms with Crippen LogP contribution < -0.4 is 14.5 Å². The molecular weight excluding hydrogens is 712 g/mol. The zero-order valence-corrected chi connectivity index (χ0v) is 30.9. The number of fused-ring (bicyclic) bond motifs is 5. The van der Waals surface area contributed by atoms with Gasteiger partial charge in [0.05, 0.1) is 40.8 Å². The minimum absolute atomic E-state index is 0.0604. The number of thiophene rings is 1. The van der Waals surface area contributed by atoms with Gasteiger partial charge in [-0.05, 0) is 91.6 Å². The largest absolute Gasteiger partial charge is 0.504 e. The molecule has 4 aliphatic rings. The second-order valence-electron chi connectivity index (χ2n) is 14.6. The van der Waals surface area contributed by atoms with Crippen LogP contribution in [-0.4, -0.2) is 45.6 Å². The molecular formula is C41H35ClN4O6S. The Bertz CT molecular complexity index is 2450. The topological polar surface area (TPSA) is 122 Å². The van der Waals surface area contributed by atoms with Crippen molar-refractivity contribution in [2.75, 3.05) is 16.9 Å². The van der Waals surface area contributed by atoms with E-state index in [1.807, 2.05) is 44.2 Å². The molecule has 0 spiro atoms. The Labute approximate surface area is 314 Å². The molecule has 2 aliphatic heterocycles. The van der Waals surface area contributed by atoms with Gasteiger partial charge < -0.3 is 9.84 Å². The Balaban J connectivity index is 1.16. The van der Waals surface area contributed by atoms with Gasteiger partial charge in [0, 0.05) is 28.8 Å². The Kier molecular flexibility index (Phi) is 7.52. The molecule has 10 nitrogen and oxygen atoms in total. The Morgan fingerprint density at radius 2 is 1.72 bits per heavy atom. The number of aromatic nitrogens is 2. The second-order valence-corrected chi connectivity index (χ2v) is 16.1. The maximum absolute atomic E-state index is 15.1. The summed E-state index contributed by atoms with van der Waals surface area (Å²) in [5.74, 6) is -4.02. The summed E-state index contributed by atoms with van der Waals surface area (Å²) in [4.78, 5) is 61.6. The molecule has 3 fully saturated rings. The number of imide groups is 2. The van der Waals surface area contributed by atoms with Gasteiger partial charge in [0.15, 0.2) is 11.5 Å². The number of hydrogen-bond donors (Lipinski definition) is 1. The van der Waals surface area contributed by atoms with Crippen molar-refractivity contribution in [1.29, 1.82) is 0 Å². The van der Waals surface area contributed by atoms with Crippen LogP contribution in [0.25, 0.3) is 20.7 Å². The second kappa shape index (κ2) is 11.9. The molecule has 53 heavy (non-hydrogen) atoms. The minimum Gasteiger partial charge on any atom is -0.504 e. The van der Waals surface area contributed by atoms with Crippen molar-refractivity contribution in [3.63, 3.8) is 0 Å². The first-order valence-corrected chi connectivity index (χ1v) is 18.7. The normalized spacial score (nSPS) is 26.6. The molecule has 4 amide bonds. The number of phenols is 1. The summed E-state index contributed by atoms with van der Waals surface area (Å²) in [7, 11) is 3.18. The summed E-state index contributed by atoms with van der Waals surface area (Å²) in [6.45, 7) is 3.84. The Hall–Kier alpha value is -5.26. The summed E-state index contributed by atoms with van der Waals surface area (Å²) < 4.78 is 8.12. The number of aryl methyl sites for hydroxylation is 2. The van der Waals surface area contributed by atoms with E-state index in [-0.39, 0.29) is 41.5 Å². The van der Waals surface area contributed by atoms with Gasteiger partial charge in [0.2, 0.25) is 23.6 Å². The molecule has 3 aromatic carbocycles. The van der Waals surface area contributed by atoms with Crippen LogP contribution in [0.4, 0.5) is 11.5 Å². The van der Waals surface area contributed by atoms with Gasteiger partial charge in [-0.1, -0.05) is 47.5 Å². The predicted octanol–water partition coefficient (Wildman–Crippen LogP) is 7.41. The first-order chi connectivity index (χ1) is 25.4. The molecule has 0 radical (unpaired) electrons. The molecule has 2 aliphatic carbocycles. The molecule has 6 atom stereocenters. The first kappa shape index (κ1) is 33.6. The van der Waals surface area contributed by atoms with Gasteiger partial charge in [-0.2, -0.15) is 5.10 Å². The average molecular weight is 747 g/mol. The zero-order valence-electron chi connectivity index (χ0n) is 29.4. The number of hydrogen-bond acceptors (Lipinski definition) is 8. The van der Waals surface area contributed by atoms with Crippen LogP contribution in [-0.2, 0) is 26.2 Å². The number of nitrogens with zero attached hydrogens (tertiary/aromatic N) is 4. The standard InChI is InChI=1S/C41H35ClN4O6S/c1-20-26-17-22(42)11-15-32(26)53-36(20)29-19-33(44(3)43-29)46-38(49)28-18-27-24(35(41(28,2)40(46)51)21-10-14-30(47)31(16-21)52-4)12-13-25-34(27)39(50)45(37(25)48)23-8-6-5-7-9-23/h5-12,14-17,19,25,27-28,34-35,47H,13,18H2,1-4H3. The van der Waals surface area contributed by atoms with E-state index >= 15 is 4.79 Å². The van der Waals surface area contributed by atoms with E-state index in [1.54, 1.807) is 65.5 Å². The molecule has 1 N–H and O–H groups in total. The maximum atomic E-state index is 15.1. The molecule has 2 saturated heterocycles. The summed E-state index contributed by atoms with van der Waals surface area (Å²) in [5, 5.41) is 17.0. The number of para-hydroxylation sites is 1. The van der Waals surface area contributed by atoms with E-state index in [1.165, 1.54) is 23.0 Å². The predicted molar refractivity (Wildman–Crippen MR) is 202 cm³/mol. The van der Waals surface area contributed by atoms with Crippen molar-refractivity contribution in [3.8, 4) is 22.1 Å². The first-order valence-electron chi connectivity index (χ1n) is 17.5. The minimum atomic E-state index is -1.27. The van der Waals surface area contributed by atoms with Crippen molar-refractivity contribution in [2.24, 2.45) is 36.1 Å². The summed E-state index contributed by atoms with van der Waals surface area (Å²) in [6, 6.07) is 21.4. The number of methoxy groups -OCH3 is 1. The smallest absolute Gasteiger partial charge is 0.242 e. The molecule has 9 rings (SSSR count). The molecule has 0 bridgehead atoms. The molecule has 4 heterocycles. The number of carbonyl (C=O) groups excluding carboxylic acids is 4. The number of ether oxygens (including phenoxy) is 1. The number of anilines is 2. The summed E-state index contributed by atoms with van der Waals surface area (Å²) in [5.41, 5.74) is 2.40. The third kappa shape index (κ3) is 4.66. The van der Waals surface area contributed by atoms with Gasteiger partial charge in [0.1, 0.15) is 11.5 Å². The highest BCUT2D eigenvalue weighted by Gasteiger charge is 2.68. The number of halogens is 1. The van der Waals surface area contributed by atoms with E-state index in [2.05, 4.69) is 0 Å². The van der Waals surface area contributed by atoms with Gasteiger partial charge in [0.25, 0.3) is 0 Å². The number of rotatable bonds is 5. The van der Waals surface area contributed by atoms with E-state index in [0.717, 1.165) is 26.1 Å². The Morgan fingerprint density at radius 3 is 2.47 bits per heavy atom. The third-order valence-corrected chi connectivity index (χ3v) is 13.6. The summed E-state index contributed by atoms with van der Waals surface area (Å²) in [6.07, 6.45) is 2.56. The Morgan fingerprint density at radius 1 is 0.943 bits per heavy atom. The molecule has 268 valence electrons. The van der Waals surface area contributed by atoms with Crippen LogP contribution in [0.3, 0.4) is 0 Å². The van der Waals surface area contributed by atoms with E-state index in [0.29, 0.717) is 34.2 Å². The van der Waals surface area contributed by atoms with Crippen LogP contribution in [0.5, 0.6) is 11.5 Å². The van der Waals surface area contributed by atoms with Crippen LogP contribution in [0.1, 0.15) is 36.8 Å². The number of aromatic hydroxyl groups is 1. The molecule has 6 unspecified atom stereocenters. The van der Waals surface area contributed by atoms with Gasteiger partial charge in [-0.15, -0.1) is 11.3 Å². The SMILES string of the molecule is COc1cc(C2C3=CCC4C(=O)N(c5ccccc5)C(=O)C4C3CC3C(=O)N(c4cc(-c5sc6ccc(Cl)cc6c5C)nn4C)C(=O)C32C)ccc1O. The monoisotopic (exact) mass is 746 g/mol. The van der Waals surface area contributed by atoms with Crippen molar-refractivity contribution in [1.82, 2.24) is 9.78 Å². The van der Waals surface area contributed by atoms with Gasteiger partial charge in [-0.3, -0.25) is 28.8 Å². The molecule has 1 saturated carbocycles. The molecule has 2 aromatic heterocycles. The number of allylic oxidation sites excluding steroid dienone is 2. The van der Waals surface area contributed by atoms with Gasteiger partial charge in [-0.25, -0.2) is 4.90 Å². The highest BCUT2D eigenvalue weighted by molar-refractivity contribution is 7.22.